The van der Waals surface area contributed by atoms with Gasteiger partial charge in [-0.25, -0.2) is 13.2 Å². The molecule has 0 bridgehead atoms. The van der Waals surface area contributed by atoms with E-state index in [1.54, 1.807) is 13.8 Å². The summed E-state index contributed by atoms with van der Waals surface area (Å²) in [6.45, 7) is 3.52. The predicted molar refractivity (Wildman–Crippen MR) is 71.8 cm³/mol. The molecule has 2 amide bonds. The fourth-order valence-electron chi connectivity index (χ4n) is 1.54. The maximum absolute atomic E-state index is 11.4. The smallest absolute Gasteiger partial charge is 0.314 e. The molecule has 0 spiro atoms. The number of amides is 2. The molecule has 0 rings (SSSR count). The van der Waals surface area contributed by atoms with Crippen molar-refractivity contribution in [3.8, 4) is 0 Å². The quantitative estimate of drug-likeness (QED) is 0.593. The Bertz CT molecular complexity index is 415. The Labute approximate surface area is 113 Å². The summed E-state index contributed by atoms with van der Waals surface area (Å²) in [4.78, 5) is 22.6. The molecule has 112 valence electrons. The zero-order chi connectivity index (χ0) is 15.1. The van der Waals surface area contributed by atoms with Crippen molar-refractivity contribution in [2.45, 2.75) is 26.7 Å². The molecule has 7 nitrogen and oxygen atoms in total. The van der Waals surface area contributed by atoms with Gasteiger partial charge in [-0.05, 0) is 12.8 Å². The third-order valence-corrected chi connectivity index (χ3v) is 4.10. The summed E-state index contributed by atoms with van der Waals surface area (Å²) in [6, 6.07) is -0.559. The third kappa shape index (κ3) is 6.42. The van der Waals surface area contributed by atoms with E-state index in [1.807, 2.05) is 0 Å². The van der Waals surface area contributed by atoms with Crippen molar-refractivity contribution in [2.75, 3.05) is 25.1 Å². The summed E-state index contributed by atoms with van der Waals surface area (Å²) in [7, 11) is -3.12. The molecule has 8 heteroatoms. The van der Waals surface area contributed by atoms with Crippen LogP contribution in [0.2, 0.25) is 0 Å². The molecule has 0 heterocycles. The van der Waals surface area contributed by atoms with Gasteiger partial charge in [0, 0.05) is 19.3 Å². The monoisotopic (exact) mass is 294 g/mol. The van der Waals surface area contributed by atoms with Crippen LogP contribution >= 0.6 is 0 Å². The van der Waals surface area contributed by atoms with Gasteiger partial charge in [-0.3, -0.25) is 4.79 Å². The average Bonchev–Trinajstić information content (AvgIpc) is 2.29. The molecule has 0 aliphatic heterocycles. The Kier molecular flexibility index (Phi) is 6.82. The average molecular weight is 294 g/mol. The molecule has 3 N–H and O–H groups in total. The van der Waals surface area contributed by atoms with Crippen LogP contribution in [0.3, 0.4) is 0 Å². The highest BCUT2D eigenvalue weighted by molar-refractivity contribution is 7.90. The lowest BCUT2D eigenvalue weighted by Gasteiger charge is -2.26. The zero-order valence-electron chi connectivity index (χ0n) is 11.5. The zero-order valence-corrected chi connectivity index (χ0v) is 12.3. The lowest BCUT2D eigenvalue weighted by Crippen LogP contribution is -2.46. The lowest BCUT2D eigenvalue weighted by molar-refractivity contribution is -0.149. The highest BCUT2D eigenvalue weighted by Gasteiger charge is 2.35. The minimum atomic E-state index is -3.12. The van der Waals surface area contributed by atoms with Crippen LogP contribution in [0, 0.1) is 5.41 Å². The number of nitrogens with one attached hydrogen (secondary N) is 2. The fraction of sp³-hybridized carbons (Fsp3) is 0.818. The Hall–Kier alpha value is -1.31. The normalized spacial score (nSPS) is 11.9. The van der Waals surface area contributed by atoms with Crippen LogP contribution < -0.4 is 10.6 Å². The van der Waals surface area contributed by atoms with Crippen LogP contribution in [-0.2, 0) is 14.6 Å². The number of carboxylic acids is 1. The Morgan fingerprint density at radius 3 is 2.05 bits per heavy atom. The van der Waals surface area contributed by atoms with E-state index in [9.17, 15) is 18.0 Å². The summed E-state index contributed by atoms with van der Waals surface area (Å²) in [5.41, 5.74) is -0.978. The van der Waals surface area contributed by atoms with Crippen LogP contribution in [0.15, 0.2) is 0 Å². The topological polar surface area (TPSA) is 113 Å². The third-order valence-electron chi connectivity index (χ3n) is 3.15. The van der Waals surface area contributed by atoms with Crippen LogP contribution in [0.25, 0.3) is 0 Å². The first-order valence-corrected chi connectivity index (χ1v) is 8.15. The van der Waals surface area contributed by atoms with Crippen LogP contribution in [0.1, 0.15) is 26.7 Å². The van der Waals surface area contributed by atoms with E-state index >= 15 is 0 Å². The van der Waals surface area contributed by atoms with Gasteiger partial charge in [0.2, 0.25) is 0 Å². The van der Waals surface area contributed by atoms with Gasteiger partial charge >= 0.3 is 12.0 Å². The fourth-order valence-corrected chi connectivity index (χ4v) is 2.01. The molecule has 0 fully saturated rings. The minimum absolute atomic E-state index is 0.00296. The molecule has 19 heavy (non-hydrogen) atoms. The van der Waals surface area contributed by atoms with Crippen molar-refractivity contribution in [2.24, 2.45) is 5.41 Å². The van der Waals surface area contributed by atoms with E-state index < -0.39 is 27.3 Å². The second kappa shape index (κ2) is 7.32. The molecule has 0 atom stereocenters. The molecular formula is C11H22N2O5S. The number of urea groups is 1. The number of hydrogen-bond acceptors (Lipinski definition) is 4. The van der Waals surface area contributed by atoms with Gasteiger partial charge in [-0.15, -0.1) is 0 Å². The summed E-state index contributed by atoms with van der Waals surface area (Å²) in [5.74, 6) is -1.10. The molecule has 0 aromatic carbocycles. The van der Waals surface area contributed by atoms with Gasteiger partial charge in [0.1, 0.15) is 9.84 Å². The summed E-state index contributed by atoms with van der Waals surface area (Å²) < 4.78 is 21.7. The lowest BCUT2D eigenvalue weighted by atomic mass is 9.82. The highest BCUT2D eigenvalue weighted by Crippen LogP contribution is 2.25. The van der Waals surface area contributed by atoms with Gasteiger partial charge in [0.15, 0.2) is 0 Å². The van der Waals surface area contributed by atoms with Gasteiger partial charge in [-0.1, -0.05) is 13.8 Å². The summed E-state index contributed by atoms with van der Waals surface area (Å²) >= 11 is 0. The predicted octanol–water partition coefficient (Wildman–Crippen LogP) is 0.221. The second-order valence-corrected chi connectivity index (χ2v) is 6.79. The first-order chi connectivity index (χ1) is 8.67. The molecular weight excluding hydrogens is 272 g/mol. The molecule has 0 radical (unpaired) electrons. The molecule has 0 saturated heterocycles. The minimum Gasteiger partial charge on any atom is -0.481 e. The largest absolute Gasteiger partial charge is 0.481 e. The highest BCUT2D eigenvalue weighted by atomic mass is 32.2. The van der Waals surface area contributed by atoms with Crippen molar-refractivity contribution in [3.05, 3.63) is 0 Å². The van der Waals surface area contributed by atoms with Crippen molar-refractivity contribution < 1.29 is 23.1 Å². The number of carbonyl (C=O) groups excluding carboxylic acids is 1. The maximum Gasteiger partial charge on any atom is 0.314 e. The number of hydrogen-bond donors (Lipinski definition) is 3. The molecule has 0 aromatic heterocycles. The van der Waals surface area contributed by atoms with E-state index in [2.05, 4.69) is 10.6 Å². The molecule has 0 aliphatic carbocycles. The van der Waals surface area contributed by atoms with E-state index in [1.165, 1.54) is 0 Å². The molecule has 0 unspecified atom stereocenters. The van der Waals surface area contributed by atoms with Crippen molar-refractivity contribution in [3.63, 3.8) is 0 Å². The Balaban J connectivity index is 4.24. The number of carbonyl (C=O) groups is 2. The van der Waals surface area contributed by atoms with Gasteiger partial charge < -0.3 is 15.7 Å². The Morgan fingerprint density at radius 2 is 1.68 bits per heavy atom. The van der Waals surface area contributed by atoms with Crippen LogP contribution in [-0.4, -0.2) is 50.6 Å². The standard InChI is InChI=1S/C11H22N2O5S/c1-4-11(5-2,9(14)15)8-13-10(16)12-6-7-19(3,17)18/h4-8H2,1-3H3,(H,14,15)(H2,12,13,16). The first-order valence-electron chi connectivity index (χ1n) is 6.09. The van der Waals surface area contributed by atoms with Gasteiger partial charge in [0.05, 0.1) is 11.2 Å². The van der Waals surface area contributed by atoms with Gasteiger partial charge in [0.25, 0.3) is 0 Å². The van der Waals surface area contributed by atoms with E-state index in [0.29, 0.717) is 12.8 Å². The number of aliphatic carboxylic acids is 1. The van der Waals surface area contributed by atoms with Crippen LogP contribution in [0.4, 0.5) is 4.79 Å². The SMILES string of the molecule is CCC(CC)(CNC(=O)NCCS(C)(=O)=O)C(=O)O. The molecule has 0 saturated carbocycles. The number of sulfone groups is 1. The summed E-state index contributed by atoms with van der Waals surface area (Å²) in [6.07, 6.45) is 1.89. The van der Waals surface area contributed by atoms with E-state index in [0.717, 1.165) is 6.26 Å². The Morgan fingerprint density at radius 1 is 1.16 bits per heavy atom. The second-order valence-electron chi connectivity index (χ2n) is 4.53. The summed E-state index contributed by atoms with van der Waals surface area (Å²) in [5, 5.41) is 14.0. The number of carboxylic acid groups (broad SMARTS) is 1. The van der Waals surface area contributed by atoms with Crippen molar-refractivity contribution in [1.82, 2.24) is 10.6 Å². The maximum atomic E-state index is 11.4. The molecule has 0 aliphatic rings. The van der Waals surface area contributed by atoms with E-state index in [-0.39, 0.29) is 18.8 Å². The van der Waals surface area contributed by atoms with E-state index in [4.69, 9.17) is 5.11 Å². The van der Waals surface area contributed by atoms with Crippen molar-refractivity contribution >= 4 is 21.8 Å². The first kappa shape index (κ1) is 17.7. The number of rotatable bonds is 8. The van der Waals surface area contributed by atoms with Crippen molar-refractivity contribution in [1.29, 1.82) is 0 Å². The molecule has 0 aromatic rings. The van der Waals surface area contributed by atoms with Gasteiger partial charge in [-0.2, -0.15) is 0 Å². The van der Waals surface area contributed by atoms with Crippen LogP contribution in [0.5, 0.6) is 0 Å².